The maximum absolute atomic E-state index is 9.19. The zero-order chi connectivity index (χ0) is 12.8. The molecule has 1 saturated carbocycles. The van der Waals surface area contributed by atoms with Crippen molar-refractivity contribution in [3.63, 3.8) is 0 Å². The van der Waals surface area contributed by atoms with Crippen LogP contribution in [-0.4, -0.2) is 30.8 Å². The summed E-state index contributed by atoms with van der Waals surface area (Å²) in [5.41, 5.74) is 2.60. The van der Waals surface area contributed by atoms with Gasteiger partial charge in [0.2, 0.25) is 0 Å². The van der Waals surface area contributed by atoms with Crippen molar-refractivity contribution < 1.29 is 5.11 Å². The second kappa shape index (κ2) is 6.76. The van der Waals surface area contributed by atoms with Gasteiger partial charge in [0, 0.05) is 31.4 Å². The van der Waals surface area contributed by atoms with E-state index in [0.717, 1.165) is 25.6 Å². The first kappa shape index (κ1) is 13.4. The van der Waals surface area contributed by atoms with E-state index in [4.69, 9.17) is 0 Å². The number of nitrogens with one attached hydrogen (secondary N) is 1. The molecule has 0 bridgehead atoms. The fourth-order valence-electron chi connectivity index (χ4n) is 2.25. The lowest BCUT2D eigenvalue weighted by Gasteiger charge is -2.26. The van der Waals surface area contributed by atoms with Crippen LogP contribution in [0.2, 0.25) is 0 Å². The van der Waals surface area contributed by atoms with Gasteiger partial charge in [0.25, 0.3) is 0 Å². The Kier molecular flexibility index (Phi) is 5.02. The smallest absolute Gasteiger partial charge is 0.0606 e. The highest BCUT2D eigenvalue weighted by Crippen LogP contribution is 2.23. The minimum absolute atomic E-state index is 0.213. The van der Waals surface area contributed by atoms with Gasteiger partial charge >= 0.3 is 0 Å². The highest BCUT2D eigenvalue weighted by molar-refractivity contribution is 5.53. The van der Waals surface area contributed by atoms with Crippen molar-refractivity contribution in [1.29, 1.82) is 0 Å². The summed E-state index contributed by atoms with van der Waals surface area (Å²) in [4.78, 5) is 2.28. The molecule has 100 valence electrons. The average Bonchev–Trinajstić information content (AvgIpc) is 3.21. The van der Waals surface area contributed by atoms with Crippen LogP contribution in [-0.2, 0) is 6.54 Å². The van der Waals surface area contributed by atoms with Crippen molar-refractivity contribution in [3.8, 4) is 0 Å². The zero-order valence-corrected chi connectivity index (χ0v) is 11.2. The molecule has 0 saturated heterocycles. The van der Waals surface area contributed by atoms with Gasteiger partial charge in [-0.15, -0.1) is 0 Å². The fourth-order valence-corrected chi connectivity index (χ4v) is 2.25. The minimum atomic E-state index is 0.213. The van der Waals surface area contributed by atoms with Gasteiger partial charge in [-0.05, 0) is 30.9 Å². The molecule has 1 aliphatic rings. The van der Waals surface area contributed by atoms with E-state index in [1.165, 1.54) is 24.1 Å². The van der Waals surface area contributed by atoms with Crippen molar-refractivity contribution in [1.82, 2.24) is 5.32 Å². The van der Waals surface area contributed by atoms with E-state index in [-0.39, 0.29) is 6.61 Å². The Morgan fingerprint density at radius 2 is 2.06 bits per heavy atom. The Labute approximate surface area is 110 Å². The highest BCUT2D eigenvalue weighted by Gasteiger charge is 2.20. The standard InChI is InChI=1S/C15H24N2O/c1-2-9-17(10-11-18)15-6-4-3-5-13(15)12-16-14-7-8-14/h3-6,14,16,18H,2,7-12H2,1H3. The molecule has 1 aliphatic carbocycles. The normalized spacial score (nSPS) is 14.8. The monoisotopic (exact) mass is 248 g/mol. The van der Waals surface area contributed by atoms with Crippen LogP contribution < -0.4 is 10.2 Å². The van der Waals surface area contributed by atoms with Crippen molar-refractivity contribution in [2.45, 2.75) is 38.8 Å². The Hall–Kier alpha value is -1.06. The van der Waals surface area contributed by atoms with Crippen LogP contribution in [0.15, 0.2) is 24.3 Å². The molecular formula is C15H24N2O. The number of nitrogens with zero attached hydrogens (tertiary/aromatic N) is 1. The minimum Gasteiger partial charge on any atom is -0.395 e. The number of hydrogen-bond donors (Lipinski definition) is 2. The predicted octanol–water partition coefficient (Wildman–Crippen LogP) is 2.15. The Morgan fingerprint density at radius 1 is 1.28 bits per heavy atom. The first-order valence-corrected chi connectivity index (χ1v) is 7.02. The molecule has 3 nitrogen and oxygen atoms in total. The maximum Gasteiger partial charge on any atom is 0.0606 e. The number of hydrogen-bond acceptors (Lipinski definition) is 3. The van der Waals surface area contributed by atoms with Gasteiger partial charge in [0.15, 0.2) is 0 Å². The lowest BCUT2D eigenvalue weighted by molar-refractivity contribution is 0.301. The summed E-state index contributed by atoms with van der Waals surface area (Å²) in [5.74, 6) is 0. The third-order valence-corrected chi connectivity index (χ3v) is 3.35. The summed E-state index contributed by atoms with van der Waals surface area (Å²) < 4.78 is 0. The van der Waals surface area contributed by atoms with Gasteiger partial charge in [-0.3, -0.25) is 0 Å². The molecular weight excluding hydrogens is 224 g/mol. The van der Waals surface area contributed by atoms with Gasteiger partial charge in [-0.25, -0.2) is 0 Å². The third-order valence-electron chi connectivity index (χ3n) is 3.35. The van der Waals surface area contributed by atoms with Crippen LogP contribution >= 0.6 is 0 Å². The lowest BCUT2D eigenvalue weighted by Crippen LogP contribution is -2.29. The third kappa shape index (κ3) is 3.72. The van der Waals surface area contributed by atoms with E-state index in [1.807, 2.05) is 0 Å². The van der Waals surface area contributed by atoms with Crippen molar-refractivity contribution >= 4 is 5.69 Å². The molecule has 2 rings (SSSR count). The summed E-state index contributed by atoms with van der Waals surface area (Å²) in [6, 6.07) is 9.25. The summed E-state index contributed by atoms with van der Waals surface area (Å²) in [6.45, 7) is 5.04. The summed E-state index contributed by atoms with van der Waals surface area (Å²) in [5, 5.41) is 12.7. The predicted molar refractivity (Wildman–Crippen MR) is 75.9 cm³/mol. The van der Waals surface area contributed by atoms with E-state index >= 15 is 0 Å². The van der Waals surface area contributed by atoms with Crippen LogP contribution in [0.25, 0.3) is 0 Å². The van der Waals surface area contributed by atoms with Gasteiger partial charge in [-0.2, -0.15) is 0 Å². The van der Waals surface area contributed by atoms with Crippen LogP contribution in [0.5, 0.6) is 0 Å². The number of aliphatic hydroxyl groups excluding tert-OH is 1. The average molecular weight is 248 g/mol. The molecule has 0 atom stereocenters. The lowest BCUT2D eigenvalue weighted by atomic mass is 10.1. The Balaban J connectivity index is 2.06. The number of para-hydroxylation sites is 1. The Morgan fingerprint density at radius 3 is 2.72 bits per heavy atom. The first-order chi connectivity index (χ1) is 8.85. The van der Waals surface area contributed by atoms with Gasteiger partial charge in [0.1, 0.15) is 0 Å². The topological polar surface area (TPSA) is 35.5 Å². The second-order valence-corrected chi connectivity index (χ2v) is 4.99. The molecule has 0 radical (unpaired) electrons. The molecule has 0 spiro atoms. The van der Waals surface area contributed by atoms with E-state index in [9.17, 15) is 5.11 Å². The van der Waals surface area contributed by atoms with Crippen LogP contribution in [0.4, 0.5) is 5.69 Å². The summed E-state index contributed by atoms with van der Waals surface area (Å²) >= 11 is 0. The molecule has 18 heavy (non-hydrogen) atoms. The zero-order valence-electron chi connectivity index (χ0n) is 11.2. The van der Waals surface area contributed by atoms with Gasteiger partial charge in [0.05, 0.1) is 6.61 Å². The highest BCUT2D eigenvalue weighted by atomic mass is 16.3. The number of anilines is 1. The SMILES string of the molecule is CCCN(CCO)c1ccccc1CNC1CC1. The maximum atomic E-state index is 9.19. The second-order valence-electron chi connectivity index (χ2n) is 4.99. The number of benzene rings is 1. The molecule has 3 heteroatoms. The van der Waals surface area contributed by atoms with Crippen LogP contribution in [0.3, 0.4) is 0 Å². The van der Waals surface area contributed by atoms with E-state index < -0.39 is 0 Å². The van der Waals surface area contributed by atoms with E-state index in [2.05, 4.69) is 41.4 Å². The van der Waals surface area contributed by atoms with Crippen LogP contribution in [0.1, 0.15) is 31.7 Å². The van der Waals surface area contributed by atoms with Gasteiger partial charge in [-0.1, -0.05) is 25.1 Å². The molecule has 1 aromatic carbocycles. The fraction of sp³-hybridized carbons (Fsp3) is 0.600. The summed E-state index contributed by atoms with van der Waals surface area (Å²) in [6.07, 6.45) is 3.74. The molecule has 2 N–H and O–H groups in total. The molecule has 0 heterocycles. The molecule has 0 aliphatic heterocycles. The quantitative estimate of drug-likeness (QED) is 0.740. The Bertz CT molecular complexity index is 357. The van der Waals surface area contributed by atoms with Crippen molar-refractivity contribution in [2.24, 2.45) is 0 Å². The van der Waals surface area contributed by atoms with Gasteiger partial charge < -0.3 is 15.3 Å². The molecule has 0 aromatic heterocycles. The van der Waals surface area contributed by atoms with Crippen molar-refractivity contribution in [2.75, 3.05) is 24.6 Å². The molecule has 1 aromatic rings. The molecule has 1 fully saturated rings. The molecule has 0 amide bonds. The van der Waals surface area contributed by atoms with E-state index in [1.54, 1.807) is 0 Å². The van der Waals surface area contributed by atoms with Crippen LogP contribution in [0, 0.1) is 0 Å². The number of aliphatic hydroxyl groups is 1. The largest absolute Gasteiger partial charge is 0.395 e. The first-order valence-electron chi connectivity index (χ1n) is 7.02. The van der Waals surface area contributed by atoms with Crippen molar-refractivity contribution in [3.05, 3.63) is 29.8 Å². The van der Waals surface area contributed by atoms with E-state index in [0.29, 0.717) is 6.54 Å². The molecule has 0 unspecified atom stereocenters. The number of rotatable bonds is 8. The summed E-state index contributed by atoms with van der Waals surface area (Å²) in [7, 11) is 0.